The largest absolute Gasteiger partial charge is 0.497 e. The average molecular weight is 666 g/mol. The number of carbonyl (C=O) groups excluding carboxylic acids is 2. The number of nitrogens with zero attached hydrogens (tertiary/aromatic N) is 3. The summed E-state index contributed by atoms with van der Waals surface area (Å²) in [5.74, 6) is -0.698. The molecular formula is C30H34Cl2N4O7S. The van der Waals surface area contributed by atoms with Crippen molar-refractivity contribution in [2.45, 2.75) is 51.1 Å². The second kappa shape index (κ2) is 15.2. The number of methoxy groups -OCH3 is 1. The monoisotopic (exact) mass is 664 g/mol. The molecule has 0 fully saturated rings. The van der Waals surface area contributed by atoms with E-state index in [1.54, 1.807) is 25.1 Å². The van der Waals surface area contributed by atoms with Crippen LogP contribution in [0.25, 0.3) is 0 Å². The second-order valence-corrected chi connectivity index (χ2v) is 12.5. The SMILES string of the molecule is CCCNC(=O)[C@@H](CC)N(Cc1c(Cl)cccc1Cl)C(=O)CN(c1ccc(OC)cc1)S(=O)(=O)c1ccc(C)c([N+](=O)[O-])c1. The molecule has 0 saturated heterocycles. The number of benzene rings is 3. The highest BCUT2D eigenvalue weighted by Gasteiger charge is 2.35. The number of nitro benzene ring substituents is 1. The summed E-state index contributed by atoms with van der Waals surface area (Å²) in [6, 6.07) is 13.3. The molecule has 236 valence electrons. The Morgan fingerprint density at radius 1 is 1.05 bits per heavy atom. The number of ether oxygens (including phenoxy) is 1. The van der Waals surface area contributed by atoms with Crippen LogP contribution in [0.4, 0.5) is 11.4 Å². The Morgan fingerprint density at radius 3 is 2.23 bits per heavy atom. The molecule has 3 rings (SSSR count). The van der Waals surface area contributed by atoms with Crippen LogP contribution in [-0.4, -0.2) is 56.3 Å². The lowest BCUT2D eigenvalue weighted by molar-refractivity contribution is -0.385. The number of hydrogen-bond donors (Lipinski definition) is 1. The van der Waals surface area contributed by atoms with Crippen molar-refractivity contribution in [3.63, 3.8) is 0 Å². The van der Waals surface area contributed by atoms with Crippen molar-refractivity contribution in [2.75, 3.05) is 24.5 Å². The van der Waals surface area contributed by atoms with Crippen LogP contribution in [0.3, 0.4) is 0 Å². The van der Waals surface area contributed by atoms with E-state index < -0.39 is 39.3 Å². The number of nitro groups is 1. The highest BCUT2D eigenvalue weighted by atomic mass is 35.5. The molecule has 14 heteroatoms. The van der Waals surface area contributed by atoms with Crippen LogP contribution in [0.15, 0.2) is 65.6 Å². The number of sulfonamides is 1. The molecule has 0 radical (unpaired) electrons. The van der Waals surface area contributed by atoms with Gasteiger partial charge in [-0.1, -0.05) is 49.2 Å². The summed E-state index contributed by atoms with van der Waals surface area (Å²) in [6.45, 7) is 4.57. The first-order chi connectivity index (χ1) is 20.8. The predicted octanol–water partition coefficient (Wildman–Crippen LogP) is 5.75. The Labute approximate surface area is 266 Å². The molecule has 1 atom stereocenters. The van der Waals surface area contributed by atoms with Gasteiger partial charge in [-0.05, 0) is 62.2 Å². The Balaban J connectivity index is 2.15. The van der Waals surface area contributed by atoms with Crippen molar-refractivity contribution in [3.8, 4) is 5.75 Å². The number of hydrogen-bond acceptors (Lipinski definition) is 7. The van der Waals surface area contributed by atoms with E-state index in [0.717, 1.165) is 10.4 Å². The van der Waals surface area contributed by atoms with Gasteiger partial charge < -0.3 is 15.0 Å². The highest BCUT2D eigenvalue weighted by molar-refractivity contribution is 7.92. The maximum absolute atomic E-state index is 14.2. The molecule has 3 aromatic rings. The number of aryl methyl sites for hydroxylation is 1. The lowest BCUT2D eigenvalue weighted by atomic mass is 10.1. The van der Waals surface area contributed by atoms with E-state index in [-0.39, 0.29) is 44.8 Å². The van der Waals surface area contributed by atoms with Gasteiger partial charge in [0.2, 0.25) is 11.8 Å². The first kappa shape index (κ1) is 34.6. The van der Waals surface area contributed by atoms with Crippen LogP contribution >= 0.6 is 23.2 Å². The highest BCUT2D eigenvalue weighted by Crippen LogP contribution is 2.31. The number of halogens is 2. The van der Waals surface area contributed by atoms with Crippen molar-refractivity contribution in [3.05, 3.63) is 92.0 Å². The van der Waals surface area contributed by atoms with E-state index in [4.69, 9.17) is 27.9 Å². The van der Waals surface area contributed by atoms with E-state index in [9.17, 15) is 28.1 Å². The summed E-state index contributed by atoms with van der Waals surface area (Å²) in [5, 5.41) is 15.0. The molecule has 2 amide bonds. The van der Waals surface area contributed by atoms with Gasteiger partial charge in [-0.25, -0.2) is 8.42 Å². The van der Waals surface area contributed by atoms with Gasteiger partial charge >= 0.3 is 0 Å². The van der Waals surface area contributed by atoms with Gasteiger partial charge in [-0.15, -0.1) is 0 Å². The van der Waals surface area contributed by atoms with Gasteiger partial charge in [0.1, 0.15) is 18.3 Å². The van der Waals surface area contributed by atoms with Crippen LogP contribution in [0.2, 0.25) is 10.0 Å². The molecule has 0 unspecified atom stereocenters. The first-order valence-corrected chi connectivity index (χ1v) is 16.0. The van der Waals surface area contributed by atoms with E-state index in [2.05, 4.69) is 5.32 Å². The van der Waals surface area contributed by atoms with Gasteiger partial charge in [0.05, 0.1) is 22.6 Å². The van der Waals surface area contributed by atoms with Gasteiger partial charge in [0.15, 0.2) is 0 Å². The summed E-state index contributed by atoms with van der Waals surface area (Å²) < 4.78 is 34.2. The van der Waals surface area contributed by atoms with Crippen LogP contribution < -0.4 is 14.4 Å². The topological polar surface area (TPSA) is 139 Å². The van der Waals surface area contributed by atoms with Crippen molar-refractivity contribution in [2.24, 2.45) is 0 Å². The molecular weight excluding hydrogens is 631 g/mol. The van der Waals surface area contributed by atoms with Crippen LogP contribution in [0, 0.1) is 17.0 Å². The lowest BCUT2D eigenvalue weighted by Gasteiger charge is -2.33. The zero-order chi connectivity index (χ0) is 32.6. The maximum atomic E-state index is 14.2. The molecule has 3 aromatic carbocycles. The minimum atomic E-state index is -4.54. The smallest absolute Gasteiger partial charge is 0.273 e. The minimum absolute atomic E-state index is 0.0987. The number of amides is 2. The fourth-order valence-corrected chi connectivity index (χ4v) is 6.44. The minimum Gasteiger partial charge on any atom is -0.497 e. The normalized spacial score (nSPS) is 11.9. The Kier molecular flexibility index (Phi) is 12.0. The molecule has 0 aliphatic rings. The summed E-state index contributed by atoms with van der Waals surface area (Å²) in [4.78, 5) is 39.2. The maximum Gasteiger partial charge on any atom is 0.273 e. The van der Waals surface area contributed by atoms with Gasteiger partial charge in [-0.2, -0.15) is 0 Å². The molecule has 0 spiro atoms. The third kappa shape index (κ3) is 7.99. The number of nitrogens with one attached hydrogen (secondary N) is 1. The van der Waals surface area contributed by atoms with Crippen LogP contribution in [-0.2, 0) is 26.2 Å². The van der Waals surface area contributed by atoms with E-state index in [0.29, 0.717) is 24.3 Å². The third-order valence-electron chi connectivity index (χ3n) is 6.93. The Hall–Kier alpha value is -3.87. The van der Waals surface area contributed by atoms with Crippen LogP contribution in [0.5, 0.6) is 5.75 Å². The standard InChI is InChI=1S/C30H34Cl2N4O7S/c1-5-16-33-30(38)27(6-2)34(18-24-25(31)8-7-9-26(24)32)29(37)19-35(21-11-13-22(43-4)14-12-21)44(41,42)23-15-10-20(3)28(17-23)36(39)40/h7-15,17,27H,5-6,16,18-19H2,1-4H3,(H,33,38)/t27-/m1/s1. The fraction of sp³-hybridized carbons (Fsp3) is 0.333. The third-order valence-corrected chi connectivity index (χ3v) is 9.41. The Morgan fingerprint density at radius 2 is 1.68 bits per heavy atom. The summed E-state index contributed by atoms with van der Waals surface area (Å²) in [6.07, 6.45) is 0.876. The first-order valence-electron chi connectivity index (χ1n) is 13.8. The average Bonchev–Trinajstić information content (AvgIpc) is 2.99. The number of rotatable bonds is 14. The second-order valence-electron chi connectivity index (χ2n) is 9.85. The molecule has 0 aliphatic heterocycles. The van der Waals surface area contributed by atoms with Crippen LogP contribution in [0.1, 0.15) is 37.8 Å². The molecule has 0 bridgehead atoms. The van der Waals surface area contributed by atoms with E-state index >= 15 is 0 Å². The van der Waals surface area contributed by atoms with Gasteiger partial charge in [0.25, 0.3) is 15.7 Å². The van der Waals surface area contributed by atoms with E-state index in [1.165, 1.54) is 55.3 Å². The zero-order valence-corrected chi connectivity index (χ0v) is 27.1. The quantitative estimate of drug-likeness (QED) is 0.171. The Bertz CT molecular complexity index is 1600. The summed E-state index contributed by atoms with van der Waals surface area (Å²) in [7, 11) is -3.09. The number of carbonyl (C=O) groups is 2. The zero-order valence-electron chi connectivity index (χ0n) is 24.7. The van der Waals surface area contributed by atoms with Crippen molar-refractivity contribution in [1.29, 1.82) is 0 Å². The van der Waals surface area contributed by atoms with Crippen molar-refractivity contribution in [1.82, 2.24) is 10.2 Å². The van der Waals surface area contributed by atoms with Crippen molar-refractivity contribution >= 4 is 56.4 Å². The lowest BCUT2D eigenvalue weighted by Crippen LogP contribution is -2.52. The fourth-order valence-electron chi connectivity index (χ4n) is 4.49. The molecule has 1 N–H and O–H groups in total. The molecule has 44 heavy (non-hydrogen) atoms. The molecule has 0 aromatic heterocycles. The summed E-state index contributed by atoms with van der Waals surface area (Å²) in [5.41, 5.74) is 0.369. The molecule has 0 aliphatic carbocycles. The van der Waals surface area contributed by atoms with Gasteiger partial charge in [-0.3, -0.25) is 24.0 Å². The number of anilines is 1. The molecule has 11 nitrogen and oxygen atoms in total. The van der Waals surface area contributed by atoms with E-state index in [1.807, 2.05) is 6.92 Å². The molecule has 0 heterocycles. The molecule has 0 saturated carbocycles. The van der Waals surface area contributed by atoms with Crippen molar-refractivity contribution < 1.29 is 27.7 Å². The predicted molar refractivity (Wildman–Crippen MR) is 170 cm³/mol. The summed E-state index contributed by atoms with van der Waals surface area (Å²) >= 11 is 12.9. The van der Waals surface area contributed by atoms with Gasteiger partial charge in [0, 0.05) is 40.3 Å².